The predicted octanol–water partition coefficient (Wildman–Crippen LogP) is 3.25. The molecule has 1 radical (unpaired) electrons. The lowest BCUT2D eigenvalue weighted by atomic mass is 10.1. The van der Waals surface area contributed by atoms with Crippen molar-refractivity contribution in [3.05, 3.63) is 6.92 Å². The second-order valence-electron chi connectivity index (χ2n) is 2.80. The second kappa shape index (κ2) is 7.77. The van der Waals surface area contributed by atoms with Crippen molar-refractivity contribution in [2.75, 3.05) is 6.54 Å². The van der Waals surface area contributed by atoms with E-state index in [1.54, 1.807) is 0 Å². The third kappa shape index (κ3) is 6.08. The lowest BCUT2D eigenvalue weighted by molar-refractivity contribution is 0.819. The molecule has 0 aromatic rings. The standard InChI is InChI=1S/C10H20N/c1-4-7-8-10(6-3)11-9-5-2/h3-9H2,1-2H3. The fourth-order valence-corrected chi connectivity index (χ4v) is 0.934. The molecule has 0 aliphatic heterocycles. The van der Waals surface area contributed by atoms with Crippen molar-refractivity contribution >= 4 is 5.71 Å². The average Bonchev–Trinajstić information content (AvgIpc) is 2.05. The Hall–Kier alpha value is -0.330. The van der Waals surface area contributed by atoms with Gasteiger partial charge in [-0.15, -0.1) is 0 Å². The molecule has 1 heteroatoms. The lowest BCUT2D eigenvalue weighted by Gasteiger charge is -2.01. The van der Waals surface area contributed by atoms with Crippen LogP contribution in [0.25, 0.3) is 0 Å². The van der Waals surface area contributed by atoms with Gasteiger partial charge in [0.15, 0.2) is 0 Å². The zero-order valence-electron chi connectivity index (χ0n) is 7.90. The number of unbranched alkanes of at least 4 members (excludes halogenated alkanes) is 1. The first-order valence-corrected chi connectivity index (χ1v) is 4.66. The summed E-state index contributed by atoms with van der Waals surface area (Å²) in [5, 5.41) is 0. The van der Waals surface area contributed by atoms with Crippen molar-refractivity contribution in [1.82, 2.24) is 0 Å². The fourth-order valence-electron chi connectivity index (χ4n) is 0.934. The van der Waals surface area contributed by atoms with E-state index in [4.69, 9.17) is 0 Å². The summed E-state index contributed by atoms with van der Waals surface area (Å²) in [5.41, 5.74) is 1.30. The van der Waals surface area contributed by atoms with Crippen LogP contribution in [-0.2, 0) is 0 Å². The van der Waals surface area contributed by atoms with Crippen molar-refractivity contribution in [2.45, 2.75) is 46.0 Å². The number of hydrogen-bond acceptors (Lipinski definition) is 1. The minimum atomic E-state index is 0.889. The molecular weight excluding hydrogens is 134 g/mol. The van der Waals surface area contributed by atoms with Crippen LogP contribution in [0.5, 0.6) is 0 Å². The lowest BCUT2D eigenvalue weighted by Crippen LogP contribution is -1.97. The van der Waals surface area contributed by atoms with Gasteiger partial charge < -0.3 is 0 Å². The van der Waals surface area contributed by atoms with Crippen LogP contribution in [-0.4, -0.2) is 12.3 Å². The van der Waals surface area contributed by atoms with E-state index in [0.29, 0.717) is 0 Å². The zero-order valence-corrected chi connectivity index (χ0v) is 7.90. The highest BCUT2D eigenvalue weighted by atomic mass is 14.7. The summed E-state index contributed by atoms with van der Waals surface area (Å²) in [5.74, 6) is 0. The summed E-state index contributed by atoms with van der Waals surface area (Å²) >= 11 is 0. The van der Waals surface area contributed by atoms with Crippen LogP contribution >= 0.6 is 0 Å². The van der Waals surface area contributed by atoms with Gasteiger partial charge in [-0.3, -0.25) is 4.99 Å². The molecule has 0 saturated carbocycles. The average molecular weight is 154 g/mol. The van der Waals surface area contributed by atoms with Crippen molar-refractivity contribution in [1.29, 1.82) is 0 Å². The predicted molar refractivity (Wildman–Crippen MR) is 52.1 cm³/mol. The minimum absolute atomic E-state index is 0.889. The summed E-state index contributed by atoms with van der Waals surface area (Å²) in [4.78, 5) is 4.45. The first kappa shape index (κ1) is 10.7. The van der Waals surface area contributed by atoms with Gasteiger partial charge in [-0.05, 0) is 32.6 Å². The summed E-state index contributed by atoms with van der Waals surface area (Å²) in [7, 11) is 0. The molecule has 0 unspecified atom stereocenters. The Bertz CT molecular complexity index is 105. The number of aliphatic imine (C=N–C) groups is 1. The SMILES string of the molecule is [CH2]CC(CCCC)=NCCC. The molecule has 0 rings (SSSR count). The Morgan fingerprint density at radius 3 is 2.45 bits per heavy atom. The molecule has 0 bridgehead atoms. The van der Waals surface area contributed by atoms with Gasteiger partial charge in [0.25, 0.3) is 0 Å². The van der Waals surface area contributed by atoms with Gasteiger partial charge in [0.1, 0.15) is 0 Å². The Labute approximate surface area is 70.9 Å². The van der Waals surface area contributed by atoms with E-state index < -0.39 is 0 Å². The first-order chi connectivity index (χ1) is 5.35. The fraction of sp³-hybridized carbons (Fsp3) is 0.800. The second-order valence-corrected chi connectivity index (χ2v) is 2.80. The van der Waals surface area contributed by atoms with Crippen LogP contribution in [0.3, 0.4) is 0 Å². The van der Waals surface area contributed by atoms with Gasteiger partial charge in [-0.25, -0.2) is 0 Å². The Kier molecular flexibility index (Phi) is 7.54. The molecule has 65 valence electrons. The molecule has 0 saturated heterocycles. The quantitative estimate of drug-likeness (QED) is 0.521. The van der Waals surface area contributed by atoms with E-state index in [-0.39, 0.29) is 0 Å². The van der Waals surface area contributed by atoms with Crippen molar-refractivity contribution in [2.24, 2.45) is 4.99 Å². The van der Waals surface area contributed by atoms with E-state index in [1.165, 1.54) is 18.6 Å². The molecular formula is C10H20N. The number of hydrogen-bond donors (Lipinski definition) is 0. The largest absolute Gasteiger partial charge is 0.294 e. The van der Waals surface area contributed by atoms with Crippen molar-refractivity contribution in [3.8, 4) is 0 Å². The third-order valence-electron chi connectivity index (χ3n) is 1.67. The summed E-state index contributed by atoms with van der Waals surface area (Å²) in [6, 6.07) is 0. The summed E-state index contributed by atoms with van der Waals surface area (Å²) in [6.45, 7) is 9.21. The molecule has 0 fully saturated rings. The van der Waals surface area contributed by atoms with Crippen LogP contribution in [0.2, 0.25) is 0 Å². The van der Waals surface area contributed by atoms with Gasteiger partial charge in [0.05, 0.1) is 0 Å². The monoisotopic (exact) mass is 154 g/mol. The molecule has 0 aromatic heterocycles. The highest BCUT2D eigenvalue weighted by Gasteiger charge is 1.93. The van der Waals surface area contributed by atoms with Gasteiger partial charge in [0.2, 0.25) is 0 Å². The Morgan fingerprint density at radius 1 is 1.27 bits per heavy atom. The molecule has 0 aliphatic carbocycles. The molecule has 11 heavy (non-hydrogen) atoms. The maximum atomic E-state index is 4.45. The smallest absolute Gasteiger partial charge is 0.0386 e. The van der Waals surface area contributed by atoms with E-state index in [1.807, 2.05) is 0 Å². The molecule has 0 atom stereocenters. The molecule has 0 aliphatic rings. The Balaban J connectivity index is 3.55. The van der Waals surface area contributed by atoms with Crippen LogP contribution in [0.4, 0.5) is 0 Å². The number of nitrogens with zero attached hydrogens (tertiary/aromatic N) is 1. The third-order valence-corrected chi connectivity index (χ3v) is 1.67. The maximum absolute atomic E-state index is 4.45. The molecule has 0 heterocycles. The van der Waals surface area contributed by atoms with E-state index in [2.05, 4.69) is 25.8 Å². The minimum Gasteiger partial charge on any atom is -0.294 e. The van der Waals surface area contributed by atoms with Crippen LogP contribution in [0.1, 0.15) is 46.0 Å². The highest BCUT2D eigenvalue weighted by molar-refractivity contribution is 5.84. The van der Waals surface area contributed by atoms with E-state index in [9.17, 15) is 0 Å². The normalized spacial score (nSPS) is 12.1. The molecule has 0 N–H and O–H groups in total. The highest BCUT2D eigenvalue weighted by Crippen LogP contribution is 2.00. The molecule has 1 nitrogen and oxygen atoms in total. The van der Waals surface area contributed by atoms with E-state index >= 15 is 0 Å². The Morgan fingerprint density at radius 2 is 2.00 bits per heavy atom. The van der Waals surface area contributed by atoms with Crippen LogP contribution in [0.15, 0.2) is 4.99 Å². The van der Waals surface area contributed by atoms with Crippen molar-refractivity contribution < 1.29 is 0 Å². The molecule has 0 aromatic carbocycles. The van der Waals surface area contributed by atoms with Crippen LogP contribution < -0.4 is 0 Å². The van der Waals surface area contributed by atoms with E-state index in [0.717, 1.165) is 25.8 Å². The summed E-state index contributed by atoms with van der Waals surface area (Å²) < 4.78 is 0. The first-order valence-electron chi connectivity index (χ1n) is 4.66. The zero-order chi connectivity index (χ0) is 8.53. The number of rotatable bonds is 6. The maximum Gasteiger partial charge on any atom is 0.0386 e. The van der Waals surface area contributed by atoms with Crippen LogP contribution in [0, 0.1) is 6.92 Å². The van der Waals surface area contributed by atoms with Gasteiger partial charge >= 0.3 is 0 Å². The van der Waals surface area contributed by atoms with Gasteiger partial charge in [-0.2, -0.15) is 0 Å². The van der Waals surface area contributed by atoms with Crippen molar-refractivity contribution in [3.63, 3.8) is 0 Å². The summed E-state index contributed by atoms with van der Waals surface area (Å²) in [6.07, 6.45) is 5.71. The van der Waals surface area contributed by atoms with Gasteiger partial charge in [0, 0.05) is 12.3 Å². The topological polar surface area (TPSA) is 12.4 Å². The molecule has 0 amide bonds. The molecule has 0 spiro atoms. The van der Waals surface area contributed by atoms with Gasteiger partial charge in [-0.1, -0.05) is 20.3 Å².